The molecule has 3 heteroatoms. The van der Waals surface area contributed by atoms with E-state index in [1.807, 2.05) is 11.9 Å². The van der Waals surface area contributed by atoms with Gasteiger partial charge in [-0.25, -0.2) is 0 Å². The minimum absolute atomic E-state index is 0.203. The second kappa shape index (κ2) is 7.62. The van der Waals surface area contributed by atoms with Crippen molar-refractivity contribution in [3.05, 3.63) is 0 Å². The second-order valence-corrected chi connectivity index (χ2v) is 7.77. The highest BCUT2D eigenvalue weighted by atomic mass is 16.2. The Kier molecular flexibility index (Phi) is 6.09. The van der Waals surface area contributed by atoms with Crippen LogP contribution in [0.25, 0.3) is 0 Å². The quantitative estimate of drug-likeness (QED) is 0.844. The van der Waals surface area contributed by atoms with Crippen LogP contribution >= 0.6 is 0 Å². The SMILES string of the molecule is CC(C)C(N)CCN(C)C(=O)C1CCC2CCCCC2C1. The standard InChI is InChI=1S/C18H34N2O/c1-13(2)17(19)10-11-20(3)18(21)16-9-8-14-6-4-5-7-15(14)12-16/h13-17H,4-12,19H2,1-3H3. The molecule has 0 aromatic carbocycles. The van der Waals surface area contributed by atoms with Crippen molar-refractivity contribution in [1.82, 2.24) is 4.90 Å². The molecule has 0 saturated heterocycles. The Morgan fingerprint density at radius 2 is 1.81 bits per heavy atom. The molecule has 2 N–H and O–H groups in total. The van der Waals surface area contributed by atoms with Gasteiger partial charge in [-0.1, -0.05) is 39.5 Å². The maximum Gasteiger partial charge on any atom is 0.225 e. The van der Waals surface area contributed by atoms with E-state index >= 15 is 0 Å². The van der Waals surface area contributed by atoms with Gasteiger partial charge in [0, 0.05) is 25.6 Å². The zero-order valence-electron chi connectivity index (χ0n) is 14.2. The molecule has 0 radical (unpaired) electrons. The lowest BCUT2D eigenvalue weighted by molar-refractivity contribution is -0.136. The lowest BCUT2D eigenvalue weighted by Crippen LogP contribution is -2.40. The Morgan fingerprint density at radius 1 is 1.14 bits per heavy atom. The van der Waals surface area contributed by atoms with Crippen molar-refractivity contribution in [1.29, 1.82) is 0 Å². The van der Waals surface area contributed by atoms with Crippen molar-refractivity contribution in [3.8, 4) is 0 Å². The molecular formula is C18H34N2O. The number of hydrogen-bond acceptors (Lipinski definition) is 2. The van der Waals surface area contributed by atoms with E-state index in [1.165, 1.54) is 32.1 Å². The van der Waals surface area contributed by atoms with Gasteiger partial charge in [0.25, 0.3) is 0 Å². The van der Waals surface area contributed by atoms with E-state index in [-0.39, 0.29) is 12.0 Å². The summed E-state index contributed by atoms with van der Waals surface area (Å²) in [5.41, 5.74) is 6.09. The molecule has 21 heavy (non-hydrogen) atoms. The summed E-state index contributed by atoms with van der Waals surface area (Å²) in [5.74, 6) is 2.89. The number of nitrogens with two attached hydrogens (primary N) is 1. The van der Waals surface area contributed by atoms with E-state index in [0.717, 1.165) is 37.6 Å². The predicted octanol–water partition coefficient (Wildman–Crippen LogP) is 3.42. The van der Waals surface area contributed by atoms with Crippen molar-refractivity contribution in [2.45, 2.75) is 71.3 Å². The number of carbonyl (C=O) groups is 1. The van der Waals surface area contributed by atoms with Gasteiger partial charge in [-0.15, -0.1) is 0 Å². The summed E-state index contributed by atoms with van der Waals surface area (Å²) in [4.78, 5) is 14.6. The molecule has 1 amide bonds. The third-order valence-electron chi connectivity index (χ3n) is 5.92. The van der Waals surface area contributed by atoms with E-state index in [1.54, 1.807) is 0 Å². The van der Waals surface area contributed by atoms with Crippen LogP contribution in [0.15, 0.2) is 0 Å². The third kappa shape index (κ3) is 4.45. The third-order valence-corrected chi connectivity index (χ3v) is 5.92. The summed E-state index contributed by atoms with van der Waals surface area (Å²) in [7, 11) is 1.96. The first-order valence-corrected chi connectivity index (χ1v) is 8.99. The van der Waals surface area contributed by atoms with Crippen molar-refractivity contribution in [2.24, 2.45) is 29.4 Å². The Bertz CT molecular complexity index is 342. The number of rotatable bonds is 5. The molecule has 0 aromatic heterocycles. The molecule has 2 aliphatic carbocycles. The molecule has 4 unspecified atom stereocenters. The monoisotopic (exact) mass is 294 g/mol. The normalized spacial score (nSPS) is 30.8. The number of nitrogens with zero attached hydrogens (tertiary/aromatic N) is 1. The smallest absolute Gasteiger partial charge is 0.225 e. The Balaban J connectivity index is 1.79. The van der Waals surface area contributed by atoms with Crippen LogP contribution in [-0.4, -0.2) is 30.4 Å². The maximum absolute atomic E-state index is 12.6. The maximum atomic E-state index is 12.6. The number of fused-ring (bicyclic) bond motifs is 1. The van der Waals surface area contributed by atoms with Gasteiger partial charge in [0.05, 0.1) is 0 Å². The molecular weight excluding hydrogens is 260 g/mol. The molecule has 2 fully saturated rings. The van der Waals surface area contributed by atoms with E-state index in [4.69, 9.17) is 5.73 Å². The first-order valence-electron chi connectivity index (χ1n) is 8.99. The molecule has 0 spiro atoms. The lowest BCUT2D eigenvalue weighted by Gasteiger charge is -2.39. The minimum atomic E-state index is 0.203. The highest BCUT2D eigenvalue weighted by Crippen LogP contribution is 2.43. The fourth-order valence-corrected chi connectivity index (χ4v) is 4.20. The summed E-state index contributed by atoms with van der Waals surface area (Å²) in [6.45, 7) is 5.11. The summed E-state index contributed by atoms with van der Waals surface area (Å²) >= 11 is 0. The highest BCUT2D eigenvalue weighted by molar-refractivity contribution is 5.78. The van der Waals surface area contributed by atoms with Gasteiger partial charge >= 0.3 is 0 Å². The van der Waals surface area contributed by atoms with E-state index in [2.05, 4.69) is 13.8 Å². The molecule has 2 aliphatic rings. The Morgan fingerprint density at radius 3 is 2.48 bits per heavy atom. The van der Waals surface area contributed by atoms with Gasteiger partial charge in [0.2, 0.25) is 5.91 Å². The average Bonchev–Trinajstić information content (AvgIpc) is 2.50. The first-order chi connectivity index (χ1) is 9.99. The summed E-state index contributed by atoms with van der Waals surface area (Å²) in [6, 6.07) is 0.203. The highest BCUT2D eigenvalue weighted by Gasteiger charge is 2.35. The fourth-order valence-electron chi connectivity index (χ4n) is 4.20. The van der Waals surface area contributed by atoms with Crippen LogP contribution in [0.4, 0.5) is 0 Å². The van der Waals surface area contributed by atoms with Crippen molar-refractivity contribution in [3.63, 3.8) is 0 Å². The summed E-state index contributed by atoms with van der Waals surface area (Å²) < 4.78 is 0. The summed E-state index contributed by atoms with van der Waals surface area (Å²) in [5, 5.41) is 0. The zero-order valence-corrected chi connectivity index (χ0v) is 14.2. The van der Waals surface area contributed by atoms with E-state index in [9.17, 15) is 4.79 Å². The molecule has 0 aromatic rings. The molecule has 122 valence electrons. The zero-order chi connectivity index (χ0) is 15.4. The van der Waals surface area contributed by atoms with Crippen LogP contribution < -0.4 is 5.73 Å². The van der Waals surface area contributed by atoms with Crippen LogP contribution in [-0.2, 0) is 4.79 Å². The van der Waals surface area contributed by atoms with Crippen LogP contribution in [0.1, 0.15) is 65.2 Å². The molecule has 4 atom stereocenters. The van der Waals surface area contributed by atoms with Crippen LogP contribution in [0, 0.1) is 23.7 Å². The lowest BCUT2D eigenvalue weighted by atomic mass is 9.67. The van der Waals surface area contributed by atoms with Crippen molar-refractivity contribution >= 4 is 5.91 Å². The van der Waals surface area contributed by atoms with Gasteiger partial charge in [0.1, 0.15) is 0 Å². The molecule has 0 heterocycles. The van der Waals surface area contributed by atoms with E-state index in [0.29, 0.717) is 11.8 Å². The van der Waals surface area contributed by atoms with Gasteiger partial charge in [-0.05, 0) is 43.4 Å². The van der Waals surface area contributed by atoms with Gasteiger partial charge < -0.3 is 10.6 Å². The van der Waals surface area contributed by atoms with Gasteiger partial charge in [0.15, 0.2) is 0 Å². The van der Waals surface area contributed by atoms with Crippen molar-refractivity contribution in [2.75, 3.05) is 13.6 Å². The van der Waals surface area contributed by atoms with Crippen LogP contribution in [0.2, 0.25) is 0 Å². The number of carbonyl (C=O) groups excluding carboxylic acids is 1. The second-order valence-electron chi connectivity index (χ2n) is 7.77. The molecule has 0 aliphatic heterocycles. The fraction of sp³-hybridized carbons (Fsp3) is 0.944. The van der Waals surface area contributed by atoms with Crippen LogP contribution in [0.3, 0.4) is 0 Å². The first kappa shape index (κ1) is 16.8. The number of amides is 1. The predicted molar refractivity (Wildman–Crippen MR) is 87.9 cm³/mol. The number of hydrogen-bond donors (Lipinski definition) is 1. The largest absolute Gasteiger partial charge is 0.345 e. The average molecular weight is 294 g/mol. The van der Waals surface area contributed by atoms with Crippen molar-refractivity contribution < 1.29 is 4.79 Å². The van der Waals surface area contributed by atoms with Crippen LogP contribution in [0.5, 0.6) is 0 Å². The molecule has 2 saturated carbocycles. The molecule has 0 bridgehead atoms. The molecule has 3 nitrogen and oxygen atoms in total. The van der Waals surface area contributed by atoms with E-state index < -0.39 is 0 Å². The Hall–Kier alpha value is -0.570. The molecule has 2 rings (SSSR count). The summed E-state index contributed by atoms with van der Waals surface area (Å²) in [6.07, 6.45) is 10.00. The van der Waals surface area contributed by atoms with Gasteiger partial charge in [-0.2, -0.15) is 0 Å². The topological polar surface area (TPSA) is 46.3 Å². The Labute approximate surface area is 130 Å². The van der Waals surface area contributed by atoms with Gasteiger partial charge in [-0.3, -0.25) is 4.79 Å². The minimum Gasteiger partial charge on any atom is -0.345 e.